The maximum absolute atomic E-state index is 11.7. The highest BCUT2D eigenvalue weighted by molar-refractivity contribution is 6.40. The van der Waals surface area contributed by atoms with Crippen LogP contribution >= 0.6 is 0 Å². The van der Waals surface area contributed by atoms with Gasteiger partial charge in [0.05, 0.1) is 13.2 Å². The quantitative estimate of drug-likeness (QED) is 0.449. The summed E-state index contributed by atoms with van der Waals surface area (Å²) in [5.41, 5.74) is 1.13. The van der Waals surface area contributed by atoms with Gasteiger partial charge in [0.25, 0.3) is 5.78 Å². The van der Waals surface area contributed by atoms with Crippen LogP contribution in [-0.2, 0) is 20.9 Å². The monoisotopic (exact) mass is 236 g/mol. The second-order valence-electron chi connectivity index (χ2n) is 3.48. The van der Waals surface area contributed by atoms with Gasteiger partial charge in [0.15, 0.2) is 6.79 Å². The minimum absolute atomic E-state index is 0.157. The summed E-state index contributed by atoms with van der Waals surface area (Å²) in [5.74, 6) is -0.935. The van der Waals surface area contributed by atoms with Crippen molar-refractivity contribution in [2.24, 2.45) is 0 Å². The van der Waals surface area contributed by atoms with Gasteiger partial charge in [-0.3, -0.25) is 4.79 Å². The third-order valence-electron chi connectivity index (χ3n) is 2.35. The minimum atomic E-state index is -0.848. The van der Waals surface area contributed by atoms with E-state index in [4.69, 9.17) is 9.47 Å². The summed E-state index contributed by atoms with van der Waals surface area (Å²) in [6, 6.07) is 4.81. The molecule has 1 aliphatic rings. The first-order chi connectivity index (χ1) is 8.22. The van der Waals surface area contributed by atoms with E-state index in [1.54, 1.807) is 19.1 Å². The van der Waals surface area contributed by atoms with Gasteiger partial charge < -0.3 is 14.2 Å². The second kappa shape index (κ2) is 4.97. The molecule has 0 saturated carbocycles. The fourth-order valence-corrected chi connectivity index (χ4v) is 1.52. The van der Waals surface area contributed by atoms with E-state index >= 15 is 0 Å². The lowest BCUT2D eigenvalue weighted by Crippen LogP contribution is -2.18. The summed E-state index contributed by atoms with van der Waals surface area (Å²) >= 11 is 0. The summed E-state index contributed by atoms with van der Waals surface area (Å²) < 4.78 is 15.0. The smallest absolute Gasteiger partial charge is 0.379 e. The van der Waals surface area contributed by atoms with E-state index in [0.29, 0.717) is 12.4 Å². The molecule has 0 fully saturated rings. The molecule has 2 rings (SSSR count). The van der Waals surface area contributed by atoms with Crippen molar-refractivity contribution in [3.05, 3.63) is 29.3 Å². The number of fused-ring (bicyclic) bond motifs is 1. The molecule has 17 heavy (non-hydrogen) atoms. The molecule has 0 N–H and O–H groups in total. The van der Waals surface area contributed by atoms with Crippen LogP contribution < -0.4 is 4.74 Å². The van der Waals surface area contributed by atoms with Gasteiger partial charge in [-0.15, -0.1) is 0 Å². The Bertz CT molecular complexity index is 452. The zero-order chi connectivity index (χ0) is 12.3. The van der Waals surface area contributed by atoms with Crippen molar-refractivity contribution in [1.29, 1.82) is 0 Å². The Morgan fingerprint density at radius 2 is 2.24 bits per heavy atom. The van der Waals surface area contributed by atoms with Crippen LogP contribution in [0.1, 0.15) is 22.8 Å². The van der Waals surface area contributed by atoms with Gasteiger partial charge in [0.1, 0.15) is 5.75 Å². The number of hydrogen-bond donors (Lipinski definition) is 0. The van der Waals surface area contributed by atoms with E-state index in [-0.39, 0.29) is 19.0 Å². The molecule has 5 nitrogen and oxygen atoms in total. The Labute approximate surface area is 98.3 Å². The molecule has 0 aromatic heterocycles. The van der Waals surface area contributed by atoms with E-state index in [1.165, 1.54) is 6.07 Å². The van der Waals surface area contributed by atoms with Crippen molar-refractivity contribution in [2.45, 2.75) is 13.5 Å². The highest BCUT2D eigenvalue weighted by atomic mass is 16.7. The molecular formula is C12H12O5. The number of carbonyl (C=O) groups excluding carboxylic acids is 2. The van der Waals surface area contributed by atoms with Crippen molar-refractivity contribution in [3.63, 3.8) is 0 Å². The van der Waals surface area contributed by atoms with Gasteiger partial charge in [0, 0.05) is 11.1 Å². The first kappa shape index (κ1) is 11.6. The van der Waals surface area contributed by atoms with Crippen molar-refractivity contribution < 1.29 is 23.8 Å². The van der Waals surface area contributed by atoms with Crippen LogP contribution in [0.25, 0.3) is 0 Å². The number of ether oxygens (including phenoxy) is 3. The van der Waals surface area contributed by atoms with Crippen LogP contribution in [0.4, 0.5) is 0 Å². The topological polar surface area (TPSA) is 61.8 Å². The predicted molar refractivity (Wildman–Crippen MR) is 57.7 cm³/mol. The van der Waals surface area contributed by atoms with Crippen LogP contribution in [0.3, 0.4) is 0 Å². The maximum atomic E-state index is 11.7. The molecule has 1 heterocycles. The largest absolute Gasteiger partial charge is 0.467 e. The molecule has 0 spiro atoms. The molecule has 0 saturated heterocycles. The number of hydrogen-bond acceptors (Lipinski definition) is 5. The Morgan fingerprint density at radius 1 is 1.41 bits per heavy atom. The molecule has 1 aromatic carbocycles. The molecule has 0 radical (unpaired) electrons. The Morgan fingerprint density at radius 3 is 3.00 bits per heavy atom. The van der Waals surface area contributed by atoms with Crippen LogP contribution in [0.2, 0.25) is 0 Å². The molecule has 5 heteroatoms. The highest BCUT2D eigenvalue weighted by Gasteiger charge is 2.20. The fourth-order valence-electron chi connectivity index (χ4n) is 1.52. The molecular weight excluding hydrogens is 224 g/mol. The molecule has 1 aliphatic heterocycles. The number of carbonyl (C=O) groups is 2. The lowest BCUT2D eigenvalue weighted by molar-refractivity contribution is -0.137. The van der Waals surface area contributed by atoms with E-state index in [9.17, 15) is 9.59 Å². The first-order valence-corrected chi connectivity index (χ1v) is 5.27. The number of Topliss-reactive ketones (excluding diaryl/α,β-unsaturated/α-hetero) is 1. The van der Waals surface area contributed by atoms with Crippen molar-refractivity contribution in [3.8, 4) is 5.75 Å². The first-order valence-electron chi connectivity index (χ1n) is 5.27. The van der Waals surface area contributed by atoms with Crippen LogP contribution in [-0.4, -0.2) is 25.2 Å². The molecule has 0 aliphatic carbocycles. The van der Waals surface area contributed by atoms with Gasteiger partial charge in [-0.05, 0) is 13.0 Å². The predicted octanol–water partition coefficient (Wildman–Crippen LogP) is 1.30. The van der Waals surface area contributed by atoms with E-state index in [0.717, 1.165) is 5.56 Å². The van der Waals surface area contributed by atoms with Crippen LogP contribution in [0.5, 0.6) is 5.75 Å². The number of rotatable bonds is 3. The fraction of sp³-hybridized carbons (Fsp3) is 0.333. The SMILES string of the molecule is CCOC(=O)C(=O)c1ccc2c(c1)OCOC2. The van der Waals surface area contributed by atoms with Crippen molar-refractivity contribution in [1.82, 2.24) is 0 Å². The standard InChI is InChI=1S/C12H12O5/c1-2-16-12(14)11(13)8-3-4-9-6-15-7-17-10(9)5-8/h3-5H,2,6-7H2,1H3. The van der Waals surface area contributed by atoms with Crippen molar-refractivity contribution in [2.75, 3.05) is 13.4 Å². The lowest BCUT2D eigenvalue weighted by atomic mass is 10.1. The zero-order valence-electron chi connectivity index (χ0n) is 9.39. The normalized spacial score (nSPS) is 13.5. The number of ketones is 1. The zero-order valence-corrected chi connectivity index (χ0v) is 9.39. The summed E-state index contributed by atoms with van der Waals surface area (Å²) in [4.78, 5) is 22.9. The number of benzene rings is 1. The third-order valence-corrected chi connectivity index (χ3v) is 2.35. The van der Waals surface area contributed by atoms with E-state index in [2.05, 4.69) is 4.74 Å². The minimum Gasteiger partial charge on any atom is -0.467 e. The summed E-state index contributed by atoms with van der Waals surface area (Å²) in [7, 11) is 0. The summed E-state index contributed by atoms with van der Waals surface area (Å²) in [5, 5.41) is 0. The molecule has 0 unspecified atom stereocenters. The van der Waals surface area contributed by atoms with E-state index < -0.39 is 11.8 Å². The van der Waals surface area contributed by atoms with Crippen LogP contribution in [0, 0.1) is 0 Å². The average molecular weight is 236 g/mol. The Kier molecular flexibility index (Phi) is 3.39. The summed E-state index contributed by atoms with van der Waals surface area (Å²) in [6.45, 7) is 2.44. The lowest BCUT2D eigenvalue weighted by Gasteiger charge is -2.17. The average Bonchev–Trinajstić information content (AvgIpc) is 2.37. The van der Waals surface area contributed by atoms with Gasteiger partial charge in [-0.1, -0.05) is 12.1 Å². The Balaban J connectivity index is 2.22. The second-order valence-corrected chi connectivity index (χ2v) is 3.48. The summed E-state index contributed by atoms with van der Waals surface area (Å²) in [6.07, 6.45) is 0. The Hall–Kier alpha value is -1.88. The van der Waals surface area contributed by atoms with Gasteiger partial charge >= 0.3 is 5.97 Å². The van der Waals surface area contributed by atoms with Crippen molar-refractivity contribution >= 4 is 11.8 Å². The highest BCUT2D eigenvalue weighted by Crippen LogP contribution is 2.24. The number of esters is 1. The molecule has 1 aromatic rings. The molecule has 90 valence electrons. The molecule has 0 atom stereocenters. The van der Waals surface area contributed by atoms with Crippen LogP contribution in [0.15, 0.2) is 18.2 Å². The van der Waals surface area contributed by atoms with E-state index in [1.807, 2.05) is 0 Å². The van der Waals surface area contributed by atoms with Gasteiger partial charge in [0.2, 0.25) is 0 Å². The van der Waals surface area contributed by atoms with Gasteiger partial charge in [-0.2, -0.15) is 0 Å². The maximum Gasteiger partial charge on any atom is 0.379 e. The third kappa shape index (κ3) is 2.45. The molecule has 0 amide bonds. The molecule has 0 bridgehead atoms. The van der Waals surface area contributed by atoms with Gasteiger partial charge in [-0.25, -0.2) is 4.79 Å².